The molecule has 0 bridgehead atoms. The molecule has 1 fully saturated rings. The fourth-order valence-corrected chi connectivity index (χ4v) is 3.04. The summed E-state index contributed by atoms with van der Waals surface area (Å²) in [7, 11) is 0. The van der Waals surface area contributed by atoms with Crippen molar-refractivity contribution in [2.24, 2.45) is 5.41 Å². The van der Waals surface area contributed by atoms with Gasteiger partial charge in [-0.2, -0.15) is 0 Å². The molecule has 0 amide bonds. The molecule has 2 aromatic carbocycles. The highest BCUT2D eigenvalue weighted by atomic mass is 16.5. The molecule has 3 rings (SSSR count). The summed E-state index contributed by atoms with van der Waals surface area (Å²) in [4.78, 5) is 12.2. The van der Waals surface area contributed by atoms with E-state index in [2.05, 4.69) is 19.1 Å². The molecule has 0 spiro atoms. The van der Waals surface area contributed by atoms with Crippen LogP contribution in [0.3, 0.4) is 0 Å². The second kappa shape index (κ2) is 7.73. The lowest BCUT2D eigenvalue weighted by Gasteiger charge is -2.37. The zero-order valence-electron chi connectivity index (χ0n) is 16.6. The topological polar surface area (TPSA) is 44.8 Å². The molecule has 0 unspecified atom stereocenters. The van der Waals surface area contributed by atoms with Crippen LogP contribution in [0.4, 0.5) is 0 Å². The molecule has 0 radical (unpaired) electrons. The van der Waals surface area contributed by atoms with Gasteiger partial charge in [0.15, 0.2) is 0 Å². The Labute approximate surface area is 161 Å². The highest BCUT2D eigenvalue weighted by Gasteiger charge is 2.34. The zero-order chi connectivity index (χ0) is 19.5. The molecular formula is C23H28O4. The Balaban J connectivity index is 1.67. The zero-order valence-corrected chi connectivity index (χ0v) is 16.6. The number of hydrogen-bond acceptors (Lipinski definition) is 4. The van der Waals surface area contributed by atoms with E-state index in [-0.39, 0.29) is 11.4 Å². The summed E-state index contributed by atoms with van der Waals surface area (Å²) in [6.07, 6.45) is 0. The van der Waals surface area contributed by atoms with Crippen molar-refractivity contribution in [3.8, 4) is 16.9 Å². The van der Waals surface area contributed by atoms with Crippen LogP contribution < -0.4 is 4.74 Å². The molecule has 0 saturated carbocycles. The maximum absolute atomic E-state index is 12.2. The monoisotopic (exact) mass is 368 g/mol. The number of rotatable bonds is 7. The van der Waals surface area contributed by atoms with Crippen LogP contribution in [0, 0.1) is 5.41 Å². The quantitative estimate of drug-likeness (QED) is 0.670. The van der Waals surface area contributed by atoms with Crippen molar-refractivity contribution in [1.29, 1.82) is 0 Å². The van der Waals surface area contributed by atoms with Crippen molar-refractivity contribution in [2.45, 2.75) is 33.1 Å². The third-order valence-corrected chi connectivity index (χ3v) is 5.07. The Morgan fingerprint density at radius 2 is 1.59 bits per heavy atom. The van der Waals surface area contributed by atoms with E-state index in [1.54, 1.807) is 0 Å². The molecule has 0 N–H and O–H groups in total. The van der Waals surface area contributed by atoms with Gasteiger partial charge in [-0.3, -0.25) is 4.79 Å². The van der Waals surface area contributed by atoms with Crippen molar-refractivity contribution in [3.05, 3.63) is 54.1 Å². The first kappa shape index (κ1) is 19.4. The first-order valence-electron chi connectivity index (χ1n) is 9.43. The predicted octanol–water partition coefficient (Wildman–Crippen LogP) is 4.61. The predicted molar refractivity (Wildman–Crippen MR) is 106 cm³/mol. The molecule has 1 aliphatic heterocycles. The first-order valence-corrected chi connectivity index (χ1v) is 9.43. The molecule has 0 atom stereocenters. The molecule has 1 saturated heterocycles. The lowest BCUT2D eigenvalue weighted by Crippen LogP contribution is -2.44. The van der Waals surface area contributed by atoms with Gasteiger partial charge in [-0.1, -0.05) is 43.3 Å². The van der Waals surface area contributed by atoms with Crippen LogP contribution >= 0.6 is 0 Å². The fraction of sp³-hybridized carbons (Fsp3) is 0.435. The Morgan fingerprint density at radius 3 is 2.07 bits per heavy atom. The van der Waals surface area contributed by atoms with Crippen LogP contribution in [0.15, 0.2) is 48.5 Å². The number of carbonyl (C=O) groups is 1. The van der Waals surface area contributed by atoms with E-state index in [9.17, 15) is 4.79 Å². The van der Waals surface area contributed by atoms with Crippen LogP contribution in [0.2, 0.25) is 0 Å². The number of benzene rings is 2. The van der Waals surface area contributed by atoms with Crippen molar-refractivity contribution in [1.82, 2.24) is 0 Å². The van der Waals surface area contributed by atoms with Crippen LogP contribution in [-0.2, 0) is 19.7 Å². The van der Waals surface area contributed by atoms with E-state index >= 15 is 0 Å². The van der Waals surface area contributed by atoms with Gasteiger partial charge in [0.05, 0.1) is 31.8 Å². The van der Waals surface area contributed by atoms with E-state index in [0.29, 0.717) is 13.2 Å². The lowest BCUT2D eigenvalue weighted by atomic mass is 9.84. The van der Waals surface area contributed by atoms with Gasteiger partial charge in [0.2, 0.25) is 0 Å². The summed E-state index contributed by atoms with van der Waals surface area (Å²) >= 11 is 0. The average molecular weight is 368 g/mol. The molecule has 27 heavy (non-hydrogen) atoms. The van der Waals surface area contributed by atoms with Gasteiger partial charge in [-0.05, 0) is 49.6 Å². The molecule has 1 aliphatic rings. The average Bonchev–Trinajstić information content (AvgIpc) is 2.65. The van der Waals surface area contributed by atoms with Crippen LogP contribution in [-0.4, -0.2) is 32.4 Å². The normalized spacial score (nSPS) is 15.7. The van der Waals surface area contributed by atoms with Crippen molar-refractivity contribution < 1.29 is 19.0 Å². The van der Waals surface area contributed by atoms with E-state index < -0.39 is 5.41 Å². The van der Waals surface area contributed by atoms with Gasteiger partial charge in [0.25, 0.3) is 0 Å². The van der Waals surface area contributed by atoms with Gasteiger partial charge in [0.1, 0.15) is 5.75 Å². The molecule has 0 aromatic heterocycles. The summed E-state index contributed by atoms with van der Waals surface area (Å²) in [5, 5.41) is 0. The minimum atomic E-state index is -0.659. The first-order chi connectivity index (χ1) is 12.8. The Morgan fingerprint density at radius 1 is 1.04 bits per heavy atom. The summed E-state index contributed by atoms with van der Waals surface area (Å²) in [6, 6.07) is 16.2. The van der Waals surface area contributed by atoms with Gasteiger partial charge in [-0.15, -0.1) is 0 Å². The third-order valence-electron chi connectivity index (χ3n) is 5.07. The Kier molecular flexibility index (Phi) is 5.56. The molecule has 144 valence electrons. The molecule has 4 heteroatoms. The minimum Gasteiger partial charge on any atom is -0.493 e. The summed E-state index contributed by atoms with van der Waals surface area (Å²) in [6.45, 7) is 10.4. The van der Waals surface area contributed by atoms with Gasteiger partial charge >= 0.3 is 5.97 Å². The van der Waals surface area contributed by atoms with Crippen molar-refractivity contribution in [2.75, 3.05) is 26.4 Å². The Hall–Kier alpha value is -2.33. The highest BCUT2D eigenvalue weighted by molar-refractivity contribution is 5.82. The van der Waals surface area contributed by atoms with Crippen LogP contribution in [0.25, 0.3) is 11.1 Å². The van der Waals surface area contributed by atoms with Gasteiger partial charge in [0, 0.05) is 5.41 Å². The fourth-order valence-electron chi connectivity index (χ4n) is 3.04. The summed E-state index contributed by atoms with van der Waals surface area (Å²) < 4.78 is 16.3. The van der Waals surface area contributed by atoms with Crippen LogP contribution in [0.1, 0.15) is 33.3 Å². The van der Waals surface area contributed by atoms with Crippen LogP contribution in [0.5, 0.6) is 5.75 Å². The van der Waals surface area contributed by atoms with E-state index in [4.69, 9.17) is 14.2 Å². The second-order valence-corrected chi connectivity index (χ2v) is 8.04. The molecular weight excluding hydrogens is 340 g/mol. The summed E-state index contributed by atoms with van der Waals surface area (Å²) in [5.74, 6) is 0.664. The number of carbonyl (C=O) groups excluding carboxylic acids is 1. The second-order valence-electron chi connectivity index (χ2n) is 8.04. The van der Waals surface area contributed by atoms with Crippen molar-refractivity contribution in [3.63, 3.8) is 0 Å². The van der Waals surface area contributed by atoms with Gasteiger partial charge in [-0.25, -0.2) is 0 Å². The number of hydrogen-bond donors (Lipinski definition) is 0. The minimum absolute atomic E-state index is 0.139. The maximum Gasteiger partial charge on any atom is 0.315 e. The maximum atomic E-state index is 12.2. The largest absolute Gasteiger partial charge is 0.493 e. The molecule has 0 aliphatic carbocycles. The smallest absolute Gasteiger partial charge is 0.315 e. The molecule has 1 heterocycles. The standard InChI is InChI=1S/C23H28O4/c1-5-26-21(24)22(2,3)19-10-6-17(7-11-19)18-8-12-20(13-9-18)27-16-23(4)14-25-15-23/h6-13H,5,14-16H2,1-4H3. The number of esters is 1. The molecule has 4 nitrogen and oxygen atoms in total. The number of ether oxygens (including phenoxy) is 3. The van der Waals surface area contributed by atoms with Crippen molar-refractivity contribution >= 4 is 5.97 Å². The Bertz CT molecular complexity index is 771. The molecule has 2 aromatic rings. The highest BCUT2D eigenvalue weighted by Crippen LogP contribution is 2.30. The van der Waals surface area contributed by atoms with E-state index in [1.165, 1.54) is 0 Å². The van der Waals surface area contributed by atoms with Gasteiger partial charge < -0.3 is 14.2 Å². The summed E-state index contributed by atoms with van der Waals surface area (Å²) in [5.41, 5.74) is 2.64. The SMILES string of the molecule is CCOC(=O)C(C)(C)c1ccc(-c2ccc(OCC3(C)COC3)cc2)cc1. The van der Waals surface area contributed by atoms with E-state index in [0.717, 1.165) is 35.7 Å². The van der Waals surface area contributed by atoms with E-state index in [1.807, 2.05) is 57.2 Å². The third kappa shape index (κ3) is 4.33. The lowest BCUT2D eigenvalue weighted by molar-refractivity contribution is -0.148.